The number of aromatic amines is 1. The van der Waals surface area contributed by atoms with Crippen LogP contribution >= 0.6 is 0 Å². The average molecular weight is 263 g/mol. The molecule has 20 heavy (non-hydrogen) atoms. The fraction of sp³-hybridized carbons (Fsp3) is 0.167. The summed E-state index contributed by atoms with van der Waals surface area (Å²) in [5.41, 5.74) is 3.87. The fourth-order valence-electron chi connectivity index (χ4n) is 2.63. The van der Waals surface area contributed by atoms with Gasteiger partial charge in [-0.05, 0) is 24.1 Å². The molecule has 0 amide bonds. The molecule has 0 atom stereocenters. The third-order valence-electron chi connectivity index (χ3n) is 3.55. The number of pyridine rings is 1. The van der Waals surface area contributed by atoms with Crippen molar-refractivity contribution in [2.45, 2.75) is 19.8 Å². The monoisotopic (exact) mass is 263 g/mol. The summed E-state index contributed by atoms with van der Waals surface area (Å²) in [6.07, 6.45) is 1.89. The summed E-state index contributed by atoms with van der Waals surface area (Å²) < 4.78 is 0. The molecule has 0 aliphatic carbocycles. The zero-order valence-electron chi connectivity index (χ0n) is 11.5. The first kappa shape index (κ1) is 12.7. The zero-order valence-corrected chi connectivity index (χ0v) is 11.5. The first-order chi connectivity index (χ1) is 9.81. The Balaban J connectivity index is 2.36. The minimum absolute atomic E-state index is 0.119. The van der Waals surface area contributed by atoms with Crippen LogP contribution in [0.5, 0.6) is 0 Å². The molecule has 0 aliphatic rings. The maximum absolute atomic E-state index is 12.8. The molecular weight excluding hydrogens is 246 g/mol. The molecular formula is C18H17NO. The third-order valence-corrected chi connectivity index (χ3v) is 3.55. The van der Waals surface area contributed by atoms with Crippen LogP contribution < -0.4 is 5.43 Å². The minimum atomic E-state index is 0.119. The summed E-state index contributed by atoms with van der Waals surface area (Å²) in [6.45, 7) is 2.13. The van der Waals surface area contributed by atoms with Crippen LogP contribution in [0.15, 0.2) is 59.4 Å². The Labute approximate surface area is 118 Å². The number of nitrogens with one attached hydrogen (secondary N) is 1. The molecule has 0 aliphatic heterocycles. The average Bonchev–Trinajstić information content (AvgIpc) is 2.49. The maximum atomic E-state index is 12.8. The lowest BCUT2D eigenvalue weighted by Crippen LogP contribution is -2.11. The Morgan fingerprint density at radius 2 is 1.65 bits per heavy atom. The van der Waals surface area contributed by atoms with Gasteiger partial charge in [0.05, 0.1) is 0 Å². The molecule has 3 rings (SSSR count). The lowest BCUT2D eigenvalue weighted by Gasteiger charge is -2.11. The predicted molar refractivity (Wildman–Crippen MR) is 84.0 cm³/mol. The number of benzene rings is 2. The van der Waals surface area contributed by atoms with Gasteiger partial charge in [-0.3, -0.25) is 4.79 Å². The summed E-state index contributed by atoms with van der Waals surface area (Å²) in [6, 6.07) is 17.6. The molecule has 1 heterocycles. The molecule has 1 aromatic heterocycles. The summed E-state index contributed by atoms with van der Waals surface area (Å²) in [5, 5.41) is 0.756. The Hall–Kier alpha value is -2.35. The maximum Gasteiger partial charge on any atom is 0.197 e. The van der Waals surface area contributed by atoms with E-state index in [9.17, 15) is 4.79 Å². The minimum Gasteiger partial charge on any atom is -0.358 e. The number of para-hydroxylation sites is 1. The van der Waals surface area contributed by atoms with Crippen LogP contribution in [-0.4, -0.2) is 4.98 Å². The van der Waals surface area contributed by atoms with E-state index >= 15 is 0 Å². The van der Waals surface area contributed by atoms with Crippen LogP contribution in [0.4, 0.5) is 0 Å². The van der Waals surface area contributed by atoms with E-state index in [0.717, 1.165) is 40.6 Å². The second kappa shape index (κ2) is 5.33. The molecule has 100 valence electrons. The summed E-state index contributed by atoms with van der Waals surface area (Å²) in [4.78, 5) is 16.2. The highest BCUT2D eigenvalue weighted by Gasteiger charge is 2.12. The van der Waals surface area contributed by atoms with E-state index in [0.29, 0.717) is 0 Å². The molecule has 0 unspecified atom stereocenters. The van der Waals surface area contributed by atoms with Crippen LogP contribution in [0.3, 0.4) is 0 Å². The molecule has 0 fully saturated rings. The Kier molecular flexibility index (Phi) is 3.38. The summed E-state index contributed by atoms with van der Waals surface area (Å²) >= 11 is 0. The van der Waals surface area contributed by atoms with Gasteiger partial charge in [-0.1, -0.05) is 55.8 Å². The number of hydrogen-bond acceptors (Lipinski definition) is 1. The molecule has 0 bridgehead atoms. The van der Waals surface area contributed by atoms with Gasteiger partial charge >= 0.3 is 0 Å². The molecule has 0 radical (unpaired) electrons. The van der Waals surface area contributed by atoms with Crippen molar-refractivity contribution in [3.8, 4) is 11.1 Å². The number of aromatic nitrogens is 1. The van der Waals surface area contributed by atoms with Crippen LogP contribution in [0.25, 0.3) is 22.0 Å². The Morgan fingerprint density at radius 3 is 2.40 bits per heavy atom. The normalized spacial score (nSPS) is 10.8. The van der Waals surface area contributed by atoms with Crippen molar-refractivity contribution in [2.24, 2.45) is 0 Å². The number of hydrogen-bond donors (Lipinski definition) is 1. The standard InChI is InChI=1S/C18H17NO/c1-2-8-16-17(13-9-4-3-5-10-13)18(20)14-11-6-7-12-15(14)19-16/h3-7,9-12H,2,8H2,1H3,(H,19,20). The van der Waals surface area contributed by atoms with E-state index in [1.54, 1.807) is 0 Å². The lowest BCUT2D eigenvalue weighted by atomic mass is 9.98. The van der Waals surface area contributed by atoms with Gasteiger partial charge in [0.2, 0.25) is 0 Å². The smallest absolute Gasteiger partial charge is 0.197 e. The van der Waals surface area contributed by atoms with Gasteiger partial charge in [-0.25, -0.2) is 0 Å². The molecule has 2 aromatic carbocycles. The van der Waals surface area contributed by atoms with E-state index in [-0.39, 0.29) is 5.43 Å². The van der Waals surface area contributed by atoms with Crippen LogP contribution in [-0.2, 0) is 6.42 Å². The topological polar surface area (TPSA) is 32.9 Å². The number of aryl methyl sites for hydroxylation is 1. The number of fused-ring (bicyclic) bond motifs is 1. The van der Waals surface area contributed by atoms with E-state index in [2.05, 4.69) is 11.9 Å². The highest BCUT2D eigenvalue weighted by atomic mass is 16.1. The van der Waals surface area contributed by atoms with Crippen molar-refractivity contribution in [3.63, 3.8) is 0 Å². The Bertz CT molecular complexity index is 787. The molecule has 1 N–H and O–H groups in total. The summed E-state index contributed by atoms with van der Waals surface area (Å²) in [5.74, 6) is 0. The van der Waals surface area contributed by atoms with Gasteiger partial charge in [-0.15, -0.1) is 0 Å². The predicted octanol–water partition coefficient (Wildman–Crippen LogP) is 4.15. The quantitative estimate of drug-likeness (QED) is 0.756. The lowest BCUT2D eigenvalue weighted by molar-refractivity contribution is 0.890. The first-order valence-electron chi connectivity index (χ1n) is 7.00. The SMILES string of the molecule is CCCc1[nH]c2ccccc2c(=O)c1-c1ccccc1. The fourth-order valence-corrected chi connectivity index (χ4v) is 2.63. The number of rotatable bonds is 3. The van der Waals surface area contributed by atoms with Crippen molar-refractivity contribution in [1.29, 1.82) is 0 Å². The van der Waals surface area contributed by atoms with E-state index in [4.69, 9.17) is 0 Å². The first-order valence-corrected chi connectivity index (χ1v) is 7.00. The van der Waals surface area contributed by atoms with Crippen molar-refractivity contribution < 1.29 is 0 Å². The highest BCUT2D eigenvalue weighted by Crippen LogP contribution is 2.22. The van der Waals surface area contributed by atoms with E-state index < -0.39 is 0 Å². The van der Waals surface area contributed by atoms with Gasteiger partial charge < -0.3 is 4.98 Å². The van der Waals surface area contributed by atoms with Gasteiger partial charge in [0.15, 0.2) is 5.43 Å². The highest BCUT2D eigenvalue weighted by molar-refractivity contribution is 5.84. The Morgan fingerprint density at radius 1 is 0.950 bits per heavy atom. The molecule has 2 heteroatoms. The van der Waals surface area contributed by atoms with Gasteiger partial charge in [-0.2, -0.15) is 0 Å². The molecule has 0 spiro atoms. The van der Waals surface area contributed by atoms with Crippen LogP contribution in [0.1, 0.15) is 19.0 Å². The van der Waals surface area contributed by atoms with Crippen LogP contribution in [0, 0.1) is 0 Å². The number of H-pyrrole nitrogens is 1. The van der Waals surface area contributed by atoms with Gasteiger partial charge in [0.25, 0.3) is 0 Å². The molecule has 0 saturated carbocycles. The second-order valence-corrected chi connectivity index (χ2v) is 4.97. The van der Waals surface area contributed by atoms with Gasteiger partial charge in [0.1, 0.15) is 0 Å². The van der Waals surface area contributed by atoms with Crippen molar-refractivity contribution >= 4 is 10.9 Å². The van der Waals surface area contributed by atoms with E-state index in [1.807, 2.05) is 54.6 Å². The van der Waals surface area contributed by atoms with Crippen molar-refractivity contribution in [2.75, 3.05) is 0 Å². The summed E-state index contributed by atoms with van der Waals surface area (Å²) in [7, 11) is 0. The molecule has 0 saturated heterocycles. The molecule has 2 nitrogen and oxygen atoms in total. The molecule has 3 aromatic rings. The van der Waals surface area contributed by atoms with Crippen molar-refractivity contribution in [1.82, 2.24) is 4.98 Å². The van der Waals surface area contributed by atoms with Crippen molar-refractivity contribution in [3.05, 3.63) is 70.5 Å². The largest absolute Gasteiger partial charge is 0.358 e. The van der Waals surface area contributed by atoms with Crippen LogP contribution in [0.2, 0.25) is 0 Å². The zero-order chi connectivity index (χ0) is 13.9. The van der Waals surface area contributed by atoms with Gasteiger partial charge in [0, 0.05) is 22.2 Å². The second-order valence-electron chi connectivity index (χ2n) is 4.97. The third kappa shape index (κ3) is 2.14. The van der Waals surface area contributed by atoms with E-state index in [1.165, 1.54) is 0 Å².